The lowest BCUT2D eigenvalue weighted by molar-refractivity contribution is 0.422. The number of aromatic nitrogens is 1. The molecule has 2 rings (SSSR count). The van der Waals surface area contributed by atoms with E-state index in [1.54, 1.807) is 0 Å². The van der Waals surface area contributed by atoms with Gasteiger partial charge in [0.1, 0.15) is 5.82 Å². The van der Waals surface area contributed by atoms with Crippen LogP contribution >= 0.6 is 0 Å². The zero-order chi connectivity index (χ0) is 15.6. The second kappa shape index (κ2) is 6.35. The van der Waals surface area contributed by atoms with Crippen LogP contribution in [0.25, 0.3) is 0 Å². The topological polar surface area (TPSA) is 28.2 Å². The molecule has 1 saturated heterocycles. The summed E-state index contributed by atoms with van der Waals surface area (Å²) in [5.41, 5.74) is 2.59. The minimum absolute atomic E-state index is 0.143. The predicted octanol–water partition coefficient (Wildman–Crippen LogP) is 3.76. The third-order valence-electron chi connectivity index (χ3n) is 4.48. The van der Waals surface area contributed by atoms with E-state index < -0.39 is 0 Å². The summed E-state index contributed by atoms with van der Waals surface area (Å²) in [4.78, 5) is 7.28. The molecular formula is C18H31N3. The Labute approximate surface area is 130 Å². The molecule has 21 heavy (non-hydrogen) atoms. The van der Waals surface area contributed by atoms with Gasteiger partial charge in [-0.05, 0) is 57.6 Å². The summed E-state index contributed by atoms with van der Waals surface area (Å²) < 4.78 is 0. The molecule has 1 atom stereocenters. The third-order valence-corrected chi connectivity index (χ3v) is 4.48. The molecule has 1 unspecified atom stereocenters. The number of hydrogen-bond acceptors (Lipinski definition) is 3. The minimum atomic E-state index is 0.143. The van der Waals surface area contributed by atoms with Crippen molar-refractivity contribution in [3.8, 4) is 0 Å². The summed E-state index contributed by atoms with van der Waals surface area (Å²) in [6.07, 6.45) is 1.30. The highest BCUT2D eigenvalue weighted by Gasteiger charge is 2.25. The van der Waals surface area contributed by atoms with Crippen molar-refractivity contribution in [2.75, 3.05) is 18.0 Å². The van der Waals surface area contributed by atoms with Crippen LogP contribution in [0, 0.1) is 18.8 Å². The first-order valence-electron chi connectivity index (χ1n) is 8.23. The standard InChI is InChI=1S/C18H31N3/c1-13(2)16-9-10-21(12-16)17-8-7-15(14(3)20-17)11-19-18(4,5)6/h7-8,13,16,19H,9-12H2,1-6H3. The van der Waals surface area contributed by atoms with Crippen LogP contribution in [0.4, 0.5) is 5.82 Å². The van der Waals surface area contributed by atoms with Gasteiger partial charge in [0.15, 0.2) is 0 Å². The molecule has 1 aliphatic rings. The van der Waals surface area contributed by atoms with Gasteiger partial charge < -0.3 is 10.2 Å². The van der Waals surface area contributed by atoms with E-state index in [0.717, 1.165) is 43.0 Å². The fraction of sp³-hybridized carbons (Fsp3) is 0.722. The Morgan fingerprint density at radius 2 is 2.05 bits per heavy atom. The molecule has 0 radical (unpaired) electrons. The lowest BCUT2D eigenvalue weighted by Gasteiger charge is -2.23. The van der Waals surface area contributed by atoms with Crippen LogP contribution < -0.4 is 10.2 Å². The van der Waals surface area contributed by atoms with Crippen LogP contribution in [0.1, 0.15) is 52.3 Å². The molecule has 0 bridgehead atoms. The molecule has 3 nitrogen and oxygen atoms in total. The first kappa shape index (κ1) is 16.3. The summed E-state index contributed by atoms with van der Waals surface area (Å²) in [6, 6.07) is 4.43. The fourth-order valence-corrected chi connectivity index (χ4v) is 2.84. The first-order valence-corrected chi connectivity index (χ1v) is 8.23. The maximum absolute atomic E-state index is 4.84. The van der Waals surface area contributed by atoms with E-state index in [4.69, 9.17) is 4.98 Å². The molecule has 2 heterocycles. The van der Waals surface area contributed by atoms with E-state index in [9.17, 15) is 0 Å². The summed E-state index contributed by atoms with van der Waals surface area (Å²) in [5, 5.41) is 3.54. The van der Waals surface area contributed by atoms with Gasteiger partial charge in [-0.2, -0.15) is 0 Å². The summed E-state index contributed by atoms with van der Waals surface area (Å²) in [6.45, 7) is 16.6. The number of nitrogens with zero attached hydrogens (tertiary/aromatic N) is 2. The Morgan fingerprint density at radius 3 is 2.57 bits per heavy atom. The lowest BCUT2D eigenvalue weighted by atomic mass is 9.95. The summed E-state index contributed by atoms with van der Waals surface area (Å²) >= 11 is 0. The van der Waals surface area contributed by atoms with Crippen LogP contribution in [0.5, 0.6) is 0 Å². The van der Waals surface area contributed by atoms with E-state index in [1.807, 2.05) is 0 Å². The number of rotatable bonds is 4. The maximum Gasteiger partial charge on any atom is 0.128 e. The highest BCUT2D eigenvalue weighted by molar-refractivity contribution is 5.42. The molecule has 0 aliphatic carbocycles. The van der Waals surface area contributed by atoms with Gasteiger partial charge in [0.2, 0.25) is 0 Å². The minimum Gasteiger partial charge on any atom is -0.356 e. The quantitative estimate of drug-likeness (QED) is 0.914. The Morgan fingerprint density at radius 1 is 1.33 bits per heavy atom. The molecule has 1 aromatic heterocycles. The Hall–Kier alpha value is -1.09. The second-order valence-electron chi connectivity index (χ2n) is 7.76. The number of nitrogens with one attached hydrogen (secondary N) is 1. The molecule has 118 valence electrons. The predicted molar refractivity (Wildman–Crippen MR) is 90.7 cm³/mol. The van der Waals surface area contributed by atoms with Crippen LogP contribution in [-0.4, -0.2) is 23.6 Å². The molecule has 3 heteroatoms. The van der Waals surface area contributed by atoms with Gasteiger partial charge in [0, 0.05) is 30.9 Å². The van der Waals surface area contributed by atoms with Crippen LogP contribution in [0.3, 0.4) is 0 Å². The second-order valence-corrected chi connectivity index (χ2v) is 7.76. The number of pyridine rings is 1. The molecule has 0 aromatic carbocycles. The summed E-state index contributed by atoms with van der Waals surface area (Å²) in [5.74, 6) is 2.73. The number of anilines is 1. The van der Waals surface area contributed by atoms with Gasteiger partial charge in [-0.25, -0.2) is 4.98 Å². The molecule has 1 N–H and O–H groups in total. The molecule has 1 aromatic rings. The van der Waals surface area contributed by atoms with Crippen molar-refractivity contribution in [2.45, 2.75) is 60.0 Å². The Bertz CT molecular complexity index is 474. The lowest BCUT2D eigenvalue weighted by Crippen LogP contribution is -2.35. The zero-order valence-corrected chi connectivity index (χ0v) is 14.5. The Balaban J connectivity index is 2.02. The van der Waals surface area contributed by atoms with Gasteiger partial charge in [-0.1, -0.05) is 19.9 Å². The van der Waals surface area contributed by atoms with Crippen molar-refractivity contribution >= 4 is 5.82 Å². The summed E-state index contributed by atoms with van der Waals surface area (Å²) in [7, 11) is 0. The van der Waals surface area contributed by atoms with Crippen molar-refractivity contribution in [1.29, 1.82) is 0 Å². The third kappa shape index (κ3) is 4.44. The molecule has 0 saturated carbocycles. The van der Waals surface area contributed by atoms with Crippen molar-refractivity contribution in [2.24, 2.45) is 11.8 Å². The maximum atomic E-state index is 4.84. The van der Waals surface area contributed by atoms with Gasteiger partial charge in [-0.3, -0.25) is 0 Å². The first-order chi connectivity index (χ1) is 9.76. The highest BCUT2D eigenvalue weighted by atomic mass is 15.2. The van der Waals surface area contributed by atoms with E-state index in [1.165, 1.54) is 12.0 Å². The molecule has 1 aliphatic heterocycles. The largest absolute Gasteiger partial charge is 0.356 e. The van der Waals surface area contributed by atoms with Crippen molar-refractivity contribution in [3.05, 3.63) is 23.4 Å². The van der Waals surface area contributed by atoms with Gasteiger partial charge >= 0.3 is 0 Å². The average Bonchev–Trinajstić information content (AvgIpc) is 2.85. The number of hydrogen-bond donors (Lipinski definition) is 1. The smallest absolute Gasteiger partial charge is 0.128 e. The highest BCUT2D eigenvalue weighted by Crippen LogP contribution is 2.27. The van der Waals surface area contributed by atoms with Gasteiger partial charge in [0.05, 0.1) is 0 Å². The van der Waals surface area contributed by atoms with Crippen LogP contribution in [-0.2, 0) is 6.54 Å². The fourth-order valence-electron chi connectivity index (χ4n) is 2.84. The molecule has 1 fully saturated rings. The SMILES string of the molecule is Cc1nc(N2CCC(C(C)C)C2)ccc1CNC(C)(C)C. The molecule has 0 spiro atoms. The average molecular weight is 289 g/mol. The van der Waals surface area contributed by atoms with Crippen LogP contribution in [0.15, 0.2) is 12.1 Å². The zero-order valence-electron chi connectivity index (χ0n) is 14.5. The van der Waals surface area contributed by atoms with E-state index in [-0.39, 0.29) is 5.54 Å². The monoisotopic (exact) mass is 289 g/mol. The van der Waals surface area contributed by atoms with Crippen molar-refractivity contribution in [3.63, 3.8) is 0 Å². The normalized spacial score (nSPS) is 19.6. The van der Waals surface area contributed by atoms with Crippen LogP contribution in [0.2, 0.25) is 0 Å². The van der Waals surface area contributed by atoms with Crippen molar-refractivity contribution in [1.82, 2.24) is 10.3 Å². The van der Waals surface area contributed by atoms with Gasteiger partial charge in [-0.15, -0.1) is 0 Å². The number of aryl methyl sites for hydroxylation is 1. The molecule has 0 amide bonds. The molecular weight excluding hydrogens is 258 g/mol. The van der Waals surface area contributed by atoms with E-state index >= 15 is 0 Å². The van der Waals surface area contributed by atoms with E-state index in [2.05, 4.69) is 63.9 Å². The Kier molecular flexibility index (Phi) is 4.92. The van der Waals surface area contributed by atoms with Gasteiger partial charge in [0.25, 0.3) is 0 Å². The van der Waals surface area contributed by atoms with E-state index in [0.29, 0.717) is 0 Å². The van der Waals surface area contributed by atoms with Crippen molar-refractivity contribution < 1.29 is 0 Å².